The Bertz CT molecular complexity index is 1230. The Kier molecular flexibility index (Phi) is 5.52. The van der Waals surface area contributed by atoms with Crippen molar-refractivity contribution in [3.63, 3.8) is 0 Å². The van der Waals surface area contributed by atoms with E-state index in [0.29, 0.717) is 27.9 Å². The smallest absolute Gasteiger partial charge is 0.237 e. The number of fused-ring (bicyclic) bond motifs is 2. The number of carbonyl (C=O) groups is 3. The van der Waals surface area contributed by atoms with Gasteiger partial charge in [0, 0.05) is 41.0 Å². The van der Waals surface area contributed by atoms with Crippen molar-refractivity contribution < 1.29 is 14.4 Å². The van der Waals surface area contributed by atoms with Crippen molar-refractivity contribution in [2.24, 2.45) is 0 Å². The Morgan fingerprint density at radius 2 is 1.66 bits per heavy atom. The average Bonchev–Trinajstić information content (AvgIpc) is 3.49. The lowest BCUT2D eigenvalue weighted by Gasteiger charge is -2.18. The van der Waals surface area contributed by atoms with Gasteiger partial charge in [-0.15, -0.1) is 10.2 Å². The Hall–Kier alpha value is -3.04. The molecule has 2 heterocycles. The summed E-state index contributed by atoms with van der Waals surface area (Å²) in [6.07, 6.45) is 2.34. The molecule has 1 atom stereocenters. The number of thioether (sulfide) groups is 1. The number of nitrogens with zero attached hydrogens (tertiary/aromatic N) is 3. The molecule has 1 unspecified atom stereocenters. The van der Waals surface area contributed by atoms with Crippen LogP contribution in [0.2, 0.25) is 0 Å². The van der Waals surface area contributed by atoms with E-state index in [0.717, 1.165) is 22.6 Å². The lowest BCUT2D eigenvalue weighted by atomic mass is 9.84. The number of ketones is 2. The van der Waals surface area contributed by atoms with E-state index in [1.807, 2.05) is 0 Å². The van der Waals surface area contributed by atoms with Gasteiger partial charge in [-0.1, -0.05) is 47.4 Å². The second-order valence-electron chi connectivity index (χ2n) is 7.76. The quantitative estimate of drug-likeness (QED) is 0.446. The van der Waals surface area contributed by atoms with Crippen molar-refractivity contribution in [3.05, 3.63) is 64.7 Å². The summed E-state index contributed by atoms with van der Waals surface area (Å²) >= 11 is 2.86. The molecule has 1 aromatic heterocycles. The van der Waals surface area contributed by atoms with Crippen LogP contribution in [-0.4, -0.2) is 46.0 Å². The predicted octanol–water partition coefficient (Wildman–Crippen LogP) is 4.03. The van der Waals surface area contributed by atoms with Crippen LogP contribution in [0.3, 0.4) is 0 Å². The van der Waals surface area contributed by atoms with Crippen molar-refractivity contribution in [1.82, 2.24) is 10.2 Å². The maximum absolute atomic E-state index is 12.9. The van der Waals surface area contributed by atoms with E-state index >= 15 is 0 Å². The van der Waals surface area contributed by atoms with Crippen LogP contribution in [0.4, 0.5) is 10.8 Å². The van der Waals surface area contributed by atoms with Crippen LogP contribution in [0, 0.1) is 0 Å². The molecule has 1 N–H and O–H groups in total. The van der Waals surface area contributed by atoms with E-state index in [1.165, 1.54) is 35.9 Å². The summed E-state index contributed by atoms with van der Waals surface area (Å²) in [6, 6.07) is 11.6. The highest BCUT2D eigenvalue weighted by molar-refractivity contribution is 8.02. The molecular weight excluding hydrogens is 444 g/mol. The number of rotatable bonds is 5. The van der Waals surface area contributed by atoms with E-state index in [1.54, 1.807) is 49.4 Å². The standard InChI is InChI=1S/C23H20N4O3S2/c1-13(31-23-26-25-22(32-23)27-10-4-5-11-27)21(30)24-14-8-9-17-18(12-14)20(29)16-7-3-2-6-15(16)19(17)28/h2-3,6-9,12-13H,4-5,10-11H2,1H3,(H,24,30). The molecule has 0 saturated carbocycles. The van der Waals surface area contributed by atoms with Crippen molar-refractivity contribution in [3.8, 4) is 0 Å². The lowest BCUT2D eigenvalue weighted by molar-refractivity contribution is -0.115. The largest absolute Gasteiger partial charge is 0.347 e. The van der Waals surface area contributed by atoms with E-state index < -0.39 is 5.25 Å². The van der Waals surface area contributed by atoms with Crippen LogP contribution in [0.25, 0.3) is 0 Å². The highest BCUT2D eigenvalue weighted by Gasteiger charge is 2.29. The normalized spacial score (nSPS) is 16.0. The summed E-state index contributed by atoms with van der Waals surface area (Å²) in [6.45, 7) is 3.80. The number of hydrogen-bond acceptors (Lipinski definition) is 8. The molecule has 0 radical (unpaired) electrons. The molecule has 0 spiro atoms. The number of benzene rings is 2. The second kappa shape index (κ2) is 8.48. The molecule has 1 aliphatic heterocycles. The van der Waals surface area contributed by atoms with Gasteiger partial charge in [0.2, 0.25) is 11.0 Å². The number of amides is 1. The fourth-order valence-electron chi connectivity index (χ4n) is 3.91. The molecule has 1 aliphatic carbocycles. The van der Waals surface area contributed by atoms with Gasteiger partial charge in [-0.25, -0.2) is 0 Å². The topological polar surface area (TPSA) is 92.3 Å². The van der Waals surface area contributed by atoms with Gasteiger partial charge in [0.25, 0.3) is 0 Å². The van der Waals surface area contributed by atoms with Crippen molar-refractivity contribution >= 4 is 51.4 Å². The zero-order valence-corrected chi connectivity index (χ0v) is 19.0. The zero-order valence-electron chi connectivity index (χ0n) is 17.3. The predicted molar refractivity (Wildman–Crippen MR) is 125 cm³/mol. The van der Waals surface area contributed by atoms with E-state index in [2.05, 4.69) is 20.4 Å². The number of carbonyl (C=O) groups excluding carboxylic acids is 3. The second-order valence-corrected chi connectivity index (χ2v) is 10.3. The van der Waals surface area contributed by atoms with Crippen LogP contribution >= 0.6 is 23.1 Å². The fourth-order valence-corrected chi connectivity index (χ4v) is 5.95. The maximum Gasteiger partial charge on any atom is 0.237 e. The van der Waals surface area contributed by atoms with Gasteiger partial charge in [0.1, 0.15) is 0 Å². The van der Waals surface area contributed by atoms with Crippen LogP contribution in [-0.2, 0) is 4.79 Å². The number of nitrogens with one attached hydrogen (secondary N) is 1. The van der Waals surface area contributed by atoms with Crippen molar-refractivity contribution in [2.45, 2.75) is 29.4 Å². The highest BCUT2D eigenvalue weighted by atomic mass is 32.2. The van der Waals surface area contributed by atoms with Gasteiger partial charge in [-0.3, -0.25) is 14.4 Å². The van der Waals surface area contributed by atoms with Crippen molar-refractivity contribution in [2.75, 3.05) is 23.3 Å². The molecular formula is C23H20N4O3S2. The Labute approximate surface area is 193 Å². The monoisotopic (exact) mass is 464 g/mol. The highest BCUT2D eigenvalue weighted by Crippen LogP contribution is 2.33. The molecule has 32 heavy (non-hydrogen) atoms. The van der Waals surface area contributed by atoms with Gasteiger partial charge in [-0.05, 0) is 38.0 Å². The van der Waals surface area contributed by atoms with Gasteiger partial charge in [-0.2, -0.15) is 0 Å². The molecule has 9 heteroatoms. The summed E-state index contributed by atoms with van der Waals surface area (Å²) in [5, 5.41) is 11.8. The SMILES string of the molecule is CC(Sc1nnc(N2CCCC2)s1)C(=O)Nc1ccc2c(c1)C(=O)c1ccccc1C2=O. The third-order valence-corrected chi connectivity index (χ3v) is 7.78. The molecule has 3 aromatic rings. The summed E-state index contributed by atoms with van der Waals surface area (Å²) in [4.78, 5) is 40.6. The molecule has 1 saturated heterocycles. The first kappa shape index (κ1) is 20.8. The average molecular weight is 465 g/mol. The first-order valence-electron chi connectivity index (χ1n) is 10.4. The van der Waals surface area contributed by atoms with Crippen LogP contribution in [0.1, 0.15) is 51.6 Å². The minimum Gasteiger partial charge on any atom is -0.347 e. The lowest BCUT2D eigenvalue weighted by Crippen LogP contribution is -2.24. The Morgan fingerprint density at radius 1 is 1.00 bits per heavy atom. The summed E-state index contributed by atoms with van der Waals surface area (Å²) in [7, 11) is 0. The molecule has 2 aromatic carbocycles. The first-order valence-corrected chi connectivity index (χ1v) is 12.1. The van der Waals surface area contributed by atoms with Gasteiger partial charge in [0.15, 0.2) is 15.9 Å². The van der Waals surface area contributed by atoms with E-state index in [4.69, 9.17) is 0 Å². The molecule has 1 amide bonds. The Balaban J connectivity index is 1.29. The number of hydrogen-bond donors (Lipinski definition) is 1. The number of aromatic nitrogens is 2. The third-order valence-electron chi connectivity index (χ3n) is 5.61. The first-order chi connectivity index (χ1) is 15.5. The van der Waals surface area contributed by atoms with Crippen LogP contribution in [0.5, 0.6) is 0 Å². The van der Waals surface area contributed by atoms with E-state index in [9.17, 15) is 14.4 Å². The maximum atomic E-state index is 12.9. The Morgan fingerprint density at radius 3 is 2.38 bits per heavy atom. The fraction of sp³-hybridized carbons (Fsp3) is 0.261. The van der Waals surface area contributed by atoms with Crippen LogP contribution < -0.4 is 10.2 Å². The summed E-state index contributed by atoms with van der Waals surface area (Å²) < 4.78 is 0.748. The van der Waals surface area contributed by atoms with Crippen molar-refractivity contribution in [1.29, 1.82) is 0 Å². The van der Waals surface area contributed by atoms with E-state index in [-0.39, 0.29) is 17.5 Å². The summed E-state index contributed by atoms with van der Waals surface area (Å²) in [5.74, 6) is -0.595. The molecule has 5 rings (SSSR count). The van der Waals surface area contributed by atoms with Gasteiger partial charge < -0.3 is 10.2 Å². The van der Waals surface area contributed by atoms with Gasteiger partial charge in [0.05, 0.1) is 5.25 Å². The number of anilines is 2. The minimum atomic E-state index is -0.400. The molecule has 0 bridgehead atoms. The molecule has 7 nitrogen and oxygen atoms in total. The minimum absolute atomic E-state index is 0.179. The van der Waals surface area contributed by atoms with Gasteiger partial charge >= 0.3 is 0 Å². The third kappa shape index (κ3) is 3.82. The molecule has 1 fully saturated rings. The summed E-state index contributed by atoms with van der Waals surface area (Å²) in [5.41, 5.74) is 1.96. The zero-order chi connectivity index (χ0) is 22.2. The van der Waals surface area contributed by atoms with Crippen LogP contribution in [0.15, 0.2) is 46.8 Å². The molecule has 2 aliphatic rings. The molecule has 162 valence electrons.